The third kappa shape index (κ3) is 4.83. The molecular formula is C20H22BrF3N2O. The predicted octanol–water partition coefficient (Wildman–Crippen LogP) is 4.86. The molecule has 0 aliphatic carbocycles. The zero-order valence-corrected chi connectivity index (χ0v) is 16.6. The number of rotatable bonds is 4. The van der Waals surface area contributed by atoms with E-state index in [2.05, 4.69) is 26.1 Å². The monoisotopic (exact) mass is 442 g/mol. The molecule has 1 aliphatic heterocycles. The van der Waals surface area contributed by atoms with Gasteiger partial charge in [-0.15, -0.1) is 0 Å². The van der Waals surface area contributed by atoms with Crippen molar-refractivity contribution in [2.75, 3.05) is 33.3 Å². The van der Waals surface area contributed by atoms with Crippen molar-refractivity contribution in [3.05, 3.63) is 63.6 Å². The van der Waals surface area contributed by atoms with Gasteiger partial charge in [0.15, 0.2) is 0 Å². The highest BCUT2D eigenvalue weighted by atomic mass is 79.9. The fourth-order valence-electron chi connectivity index (χ4n) is 3.49. The fraction of sp³-hybridized carbons (Fsp3) is 0.400. The number of hydrogen-bond acceptors (Lipinski definition) is 3. The molecule has 1 fully saturated rings. The first-order valence-electron chi connectivity index (χ1n) is 8.85. The molecule has 1 aliphatic rings. The Bertz CT molecular complexity index is 757. The van der Waals surface area contributed by atoms with Crippen LogP contribution in [0.5, 0.6) is 5.75 Å². The number of nitrogens with one attached hydrogen (secondary N) is 1. The smallest absolute Gasteiger partial charge is 0.416 e. The van der Waals surface area contributed by atoms with Gasteiger partial charge in [0.1, 0.15) is 5.75 Å². The molecule has 146 valence electrons. The molecule has 1 unspecified atom stereocenters. The van der Waals surface area contributed by atoms with Gasteiger partial charge in [0.25, 0.3) is 0 Å². The molecule has 2 aromatic rings. The van der Waals surface area contributed by atoms with E-state index in [0.29, 0.717) is 0 Å². The molecule has 1 saturated heterocycles. The Morgan fingerprint density at radius 3 is 2.48 bits per heavy atom. The largest absolute Gasteiger partial charge is 0.496 e. The Labute approximate surface area is 165 Å². The molecule has 7 heteroatoms. The van der Waals surface area contributed by atoms with Crippen LogP contribution in [0.3, 0.4) is 0 Å². The zero-order valence-electron chi connectivity index (χ0n) is 15.0. The van der Waals surface area contributed by atoms with Gasteiger partial charge in [0.2, 0.25) is 0 Å². The van der Waals surface area contributed by atoms with Crippen LogP contribution in [0.25, 0.3) is 0 Å². The van der Waals surface area contributed by atoms with E-state index in [9.17, 15) is 13.2 Å². The molecule has 27 heavy (non-hydrogen) atoms. The molecule has 1 heterocycles. The topological polar surface area (TPSA) is 24.5 Å². The Hall–Kier alpha value is -1.57. The van der Waals surface area contributed by atoms with Crippen LogP contribution in [-0.2, 0) is 6.18 Å². The van der Waals surface area contributed by atoms with E-state index in [0.717, 1.165) is 66.1 Å². The molecular weight excluding hydrogens is 421 g/mol. The molecule has 0 amide bonds. The second-order valence-electron chi connectivity index (χ2n) is 6.55. The lowest BCUT2D eigenvalue weighted by Gasteiger charge is -2.32. The molecule has 2 aromatic carbocycles. The van der Waals surface area contributed by atoms with Crippen LogP contribution in [0.1, 0.15) is 29.2 Å². The van der Waals surface area contributed by atoms with Crippen molar-refractivity contribution < 1.29 is 17.9 Å². The number of alkyl halides is 3. The van der Waals surface area contributed by atoms with E-state index < -0.39 is 11.7 Å². The van der Waals surface area contributed by atoms with Crippen molar-refractivity contribution in [2.24, 2.45) is 0 Å². The number of ether oxygens (including phenoxy) is 1. The van der Waals surface area contributed by atoms with Gasteiger partial charge in [0, 0.05) is 29.7 Å². The van der Waals surface area contributed by atoms with Gasteiger partial charge >= 0.3 is 6.18 Å². The summed E-state index contributed by atoms with van der Waals surface area (Å²) >= 11 is 3.51. The van der Waals surface area contributed by atoms with Crippen molar-refractivity contribution in [3.63, 3.8) is 0 Å². The van der Waals surface area contributed by atoms with Crippen LogP contribution in [0.2, 0.25) is 0 Å². The first-order valence-corrected chi connectivity index (χ1v) is 9.65. The van der Waals surface area contributed by atoms with Crippen LogP contribution in [0.4, 0.5) is 13.2 Å². The minimum absolute atomic E-state index is 0.181. The number of methoxy groups -OCH3 is 1. The van der Waals surface area contributed by atoms with E-state index in [4.69, 9.17) is 4.74 Å². The summed E-state index contributed by atoms with van der Waals surface area (Å²) in [6.07, 6.45) is -3.36. The number of benzene rings is 2. The molecule has 1 atom stereocenters. The average Bonchev–Trinajstić information content (AvgIpc) is 2.91. The SMILES string of the molecule is COc1ccc(Br)cc1C(c1ccc(C(F)(F)F)cc1)N1CCCNCC1. The standard InChI is InChI=1S/C20H22BrF3N2O/c1-27-18-8-7-16(21)13-17(18)19(26-11-2-9-25-10-12-26)14-3-5-15(6-4-14)20(22,23)24/h3-8,13,19,25H,2,9-12H2,1H3. The van der Waals surface area contributed by atoms with Crippen molar-refractivity contribution in [3.8, 4) is 5.75 Å². The highest BCUT2D eigenvalue weighted by Gasteiger charge is 2.31. The van der Waals surface area contributed by atoms with Gasteiger partial charge < -0.3 is 10.1 Å². The summed E-state index contributed by atoms with van der Waals surface area (Å²) in [6, 6.07) is 11.0. The van der Waals surface area contributed by atoms with E-state index in [-0.39, 0.29) is 6.04 Å². The van der Waals surface area contributed by atoms with E-state index in [1.807, 2.05) is 18.2 Å². The predicted molar refractivity (Wildman–Crippen MR) is 103 cm³/mol. The van der Waals surface area contributed by atoms with Gasteiger partial charge in [0.05, 0.1) is 18.7 Å². The summed E-state index contributed by atoms with van der Waals surface area (Å²) < 4.78 is 45.4. The van der Waals surface area contributed by atoms with Gasteiger partial charge in [-0.1, -0.05) is 28.1 Å². The van der Waals surface area contributed by atoms with Gasteiger partial charge in [-0.25, -0.2) is 0 Å². The lowest BCUT2D eigenvalue weighted by Crippen LogP contribution is -2.33. The highest BCUT2D eigenvalue weighted by molar-refractivity contribution is 9.10. The molecule has 3 rings (SSSR count). The number of halogens is 4. The maximum atomic E-state index is 13.0. The second kappa shape index (κ2) is 8.63. The minimum Gasteiger partial charge on any atom is -0.496 e. The van der Waals surface area contributed by atoms with Crippen LogP contribution in [0, 0.1) is 0 Å². The van der Waals surface area contributed by atoms with Crippen molar-refractivity contribution in [2.45, 2.75) is 18.6 Å². The Morgan fingerprint density at radius 1 is 1.07 bits per heavy atom. The van der Waals surface area contributed by atoms with Crippen molar-refractivity contribution in [1.29, 1.82) is 0 Å². The molecule has 0 bridgehead atoms. The summed E-state index contributed by atoms with van der Waals surface area (Å²) in [4.78, 5) is 2.30. The number of nitrogens with zero attached hydrogens (tertiary/aromatic N) is 1. The molecule has 3 nitrogen and oxygen atoms in total. The first-order chi connectivity index (χ1) is 12.9. The van der Waals surface area contributed by atoms with Crippen LogP contribution in [-0.4, -0.2) is 38.2 Å². The van der Waals surface area contributed by atoms with Crippen LogP contribution < -0.4 is 10.1 Å². The van der Waals surface area contributed by atoms with E-state index in [1.54, 1.807) is 19.2 Å². The van der Waals surface area contributed by atoms with Gasteiger partial charge in [-0.3, -0.25) is 4.90 Å². The third-order valence-corrected chi connectivity index (χ3v) is 5.27. The highest BCUT2D eigenvalue weighted by Crippen LogP contribution is 2.38. The van der Waals surface area contributed by atoms with E-state index in [1.165, 1.54) is 0 Å². The summed E-state index contributed by atoms with van der Waals surface area (Å²) in [5.41, 5.74) is 1.12. The van der Waals surface area contributed by atoms with E-state index >= 15 is 0 Å². The Balaban J connectivity index is 2.06. The lowest BCUT2D eigenvalue weighted by molar-refractivity contribution is -0.137. The molecule has 0 aromatic heterocycles. The van der Waals surface area contributed by atoms with Crippen LogP contribution in [0.15, 0.2) is 46.9 Å². The van der Waals surface area contributed by atoms with Crippen molar-refractivity contribution in [1.82, 2.24) is 10.2 Å². The van der Waals surface area contributed by atoms with Crippen LogP contribution >= 0.6 is 15.9 Å². The minimum atomic E-state index is -4.34. The summed E-state index contributed by atoms with van der Waals surface area (Å²) in [5.74, 6) is 0.723. The average molecular weight is 443 g/mol. The Kier molecular flexibility index (Phi) is 6.44. The van der Waals surface area contributed by atoms with Crippen molar-refractivity contribution >= 4 is 15.9 Å². The van der Waals surface area contributed by atoms with Gasteiger partial charge in [-0.2, -0.15) is 13.2 Å². The quantitative estimate of drug-likeness (QED) is 0.731. The first kappa shape index (κ1) is 20.2. The van der Waals surface area contributed by atoms with Gasteiger partial charge in [-0.05, 0) is 48.9 Å². The number of hydrogen-bond donors (Lipinski definition) is 1. The Morgan fingerprint density at radius 2 is 1.81 bits per heavy atom. The second-order valence-corrected chi connectivity index (χ2v) is 7.46. The summed E-state index contributed by atoms with van der Waals surface area (Å²) in [6.45, 7) is 3.44. The maximum absolute atomic E-state index is 13.0. The lowest BCUT2D eigenvalue weighted by atomic mass is 9.95. The summed E-state index contributed by atoms with van der Waals surface area (Å²) in [5, 5.41) is 3.37. The molecule has 1 N–H and O–H groups in total. The normalized spacial score (nSPS) is 17.4. The molecule has 0 spiro atoms. The third-order valence-electron chi connectivity index (χ3n) is 4.78. The zero-order chi connectivity index (χ0) is 19.4. The molecule has 0 radical (unpaired) electrons. The molecule has 0 saturated carbocycles. The summed E-state index contributed by atoms with van der Waals surface area (Å²) in [7, 11) is 1.61. The fourth-order valence-corrected chi connectivity index (χ4v) is 3.86. The maximum Gasteiger partial charge on any atom is 0.416 e.